The number of hydrogen-bond acceptors (Lipinski definition) is 3. The molecule has 2 rings (SSSR count). The van der Waals surface area contributed by atoms with Crippen LogP contribution in [0.15, 0.2) is 34.8 Å². The topological polar surface area (TPSA) is 68.0 Å². The van der Waals surface area contributed by atoms with Gasteiger partial charge in [0.2, 0.25) is 0 Å². The molecule has 1 heterocycles. The van der Waals surface area contributed by atoms with Gasteiger partial charge in [0.25, 0.3) is 5.91 Å². The van der Waals surface area contributed by atoms with Gasteiger partial charge in [-0.2, -0.15) is 0 Å². The fourth-order valence-electron chi connectivity index (χ4n) is 1.89. The van der Waals surface area contributed by atoms with E-state index in [0.717, 1.165) is 15.7 Å². The molecule has 1 aromatic carbocycles. The van der Waals surface area contributed by atoms with E-state index in [1.807, 2.05) is 19.9 Å². The number of carbonyl (C=O) groups is 1. The Kier molecular flexibility index (Phi) is 4.69. The Bertz CT molecular complexity index is 731. The summed E-state index contributed by atoms with van der Waals surface area (Å²) >= 11 is 8.32. The van der Waals surface area contributed by atoms with E-state index in [4.69, 9.17) is 18.0 Å². The molecule has 21 heavy (non-hydrogen) atoms. The van der Waals surface area contributed by atoms with Gasteiger partial charge in [-0.15, -0.1) is 0 Å². The van der Waals surface area contributed by atoms with Gasteiger partial charge < -0.3 is 11.1 Å². The molecular weight excluding hydrogens is 350 g/mol. The molecule has 0 saturated heterocycles. The lowest BCUT2D eigenvalue weighted by Crippen LogP contribution is -2.15. The maximum atomic E-state index is 12.3. The first-order valence-corrected chi connectivity index (χ1v) is 7.43. The smallest absolute Gasteiger partial charge is 0.257 e. The number of halogens is 1. The minimum atomic E-state index is -0.205. The normalized spacial score (nSPS) is 10.2. The largest absolute Gasteiger partial charge is 0.389 e. The first-order chi connectivity index (χ1) is 9.88. The van der Waals surface area contributed by atoms with Crippen molar-refractivity contribution < 1.29 is 4.79 Å². The molecule has 0 atom stereocenters. The van der Waals surface area contributed by atoms with Crippen molar-refractivity contribution in [2.45, 2.75) is 13.8 Å². The summed E-state index contributed by atoms with van der Waals surface area (Å²) in [7, 11) is 0. The van der Waals surface area contributed by atoms with Crippen LogP contribution in [0, 0.1) is 13.8 Å². The van der Waals surface area contributed by atoms with Crippen molar-refractivity contribution >= 4 is 44.7 Å². The molecule has 3 N–H and O–H groups in total. The predicted molar refractivity (Wildman–Crippen MR) is 91.7 cm³/mol. The number of nitrogens with two attached hydrogens (primary N) is 1. The van der Waals surface area contributed by atoms with Gasteiger partial charge in [-0.25, -0.2) is 0 Å². The Morgan fingerprint density at radius 3 is 2.57 bits per heavy atom. The van der Waals surface area contributed by atoms with Gasteiger partial charge >= 0.3 is 0 Å². The summed E-state index contributed by atoms with van der Waals surface area (Å²) in [5.74, 6) is -0.205. The first kappa shape index (κ1) is 15.6. The van der Waals surface area contributed by atoms with Crippen molar-refractivity contribution in [1.29, 1.82) is 0 Å². The van der Waals surface area contributed by atoms with Gasteiger partial charge in [0.05, 0.1) is 16.9 Å². The number of carbonyl (C=O) groups excluding carboxylic acids is 1. The van der Waals surface area contributed by atoms with Crippen LogP contribution >= 0.6 is 28.1 Å². The van der Waals surface area contributed by atoms with E-state index < -0.39 is 0 Å². The summed E-state index contributed by atoms with van der Waals surface area (Å²) in [5.41, 5.74) is 9.09. The molecule has 6 heteroatoms. The molecule has 0 spiro atoms. The summed E-state index contributed by atoms with van der Waals surface area (Å²) in [6.45, 7) is 3.70. The quantitative estimate of drug-likeness (QED) is 0.820. The summed E-state index contributed by atoms with van der Waals surface area (Å²) in [6, 6.07) is 8.88. The number of rotatable bonds is 3. The zero-order valence-electron chi connectivity index (χ0n) is 11.6. The minimum absolute atomic E-state index is 0.205. The van der Waals surface area contributed by atoms with Crippen molar-refractivity contribution in [3.8, 4) is 0 Å². The van der Waals surface area contributed by atoms with Crippen molar-refractivity contribution in [2.75, 3.05) is 5.32 Å². The number of pyridine rings is 1. The lowest BCUT2D eigenvalue weighted by molar-refractivity contribution is 0.102. The average molecular weight is 364 g/mol. The molecule has 0 aliphatic carbocycles. The zero-order valence-corrected chi connectivity index (χ0v) is 14.0. The number of aromatic nitrogens is 1. The molecule has 2 aromatic rings. The molecule has 4 nitrogen and oxygen atoms in total. The third kappa shape index (κ3) is 3.65. The molecule has 0 unspecified atom stereocenters. The van der Waals surface area contributed by atoms with Crippen LogP contribution < -0.4 is 11.1 Å². The molecule has 0 aliphatic rings. The van der Waals surface area contributed by atoms with Gasteiger partial charge in [-0.1, -0.05) is 12.2 Å². The molecule has 0 aliphatic heterocycles. The zero-order chi connectivity index (χ0) is 15.6. The van der Waals surface area contributed by atoms with E-state index in [1.165, 1.54) is 0 Å². The summed E-state index contributed by atoms with van der Waals surface area (Å²) in [6.07, 6.45) is 0. The van der Waals surface area contributed by atoms with E-state index in [1.54, 1.807) is 24.3 Å². The second-order valence-electron chi connectivity index (χ2n) is 4.60. The number of hydrogen-bond donors (Lipinski definition) is 2. The maximum absolute atomic E-state index is 12.3. The summed E-state index contributed by atoms with van der Waals surface area (Å²) in [5, 5.41) is 2.84. The Labute approximate surface area is 136 Å². The Balaban J connectivity index is 2.25. The van der Waals surface area contributed by atoms with E-state index in [0.29, 0.717) is 21.9 Å². The fourth-order valence-corrected chi connectivity index (χ4v) is 2.49. The Morgan fingerprint density at radius 2 is 2.00 bits per heavy atom. The third-order valence-corrected chi connectivity index (χ3v) is 3.86. The number of benzene rings is 1. The molecular formula is C15H14BrN3OS. The third-order valence-electron chi connectivity index (χ3n) is 2.97. The van der Waals surface area contributed by atoms with Gasteiger partial charge in [0.1, 0.15) is 4.99 Å². The van der Waals surface area contributed by atoms with E-state index in [2.05, 4.69) is 26.2 Å². The van der Waals surface area contributed by atoms with Gasteiger partial charge in [-0.05, 0) is 60.1 Å². The number of nitrogens with zero attached hydrogens (tertiary/aromatic N) is 1. The molecule has 108 valence electrons. The Morgan fingerprint density at radius 1 is 1.29 bits per heavy atom. The highest BCUT2D eigenvalue weighted by atomic mass is 79.9. The van der Waals surface area contributed by atoms with Gasteiger partial charge in [0, 0.05) is 15.7 Å². The number of thiocarbonyl (C=S) groups is 1. The SMILES string of the molecule is Cc1ccc(C(=O)Nc2ccc(C(N)=S)cc2Br)c(C)n1. The molecule has 0 saturated carbocycles. The standard InChI is InChI=1S/C15H14BrN3OS/c1-8-3-5-11(9(2)18-8)15(20)19-13-6-4-10(14(17)21)7-12(13)16/h3-7H,1-2H3,(H2,17,21)(H,19,20). The van der Waals surface area contributed by atoms with Crippen LogP contribution in [0.3, 0.4) is 0 Å². The van der Waals surface area contributed by atoms with E-state index in [-0.39, 0.29) is 5.91 Å². The van der Waals surface area contributed by atoms with Crippen molar-refractivity contribution in [2.24, 2.45) is 5.73 Å². The van der Waals surface area contributed by atoms with Crippen LogP contribution in [0.5, 0.6) is 0 Å². The second kappa shape index (κ2) is 6.32. The average Bonchev–Trinajstić information content (AvgIpc) is 2.40. The number of aryl methyl sites for hydroxylation is 2. The molecule has 0 fully saturated rings. The minimum Gasteiger partial charge on any atom is -0.389 e. The van der Waals surface area contributed by atoms with Crippen molar-refractivity contribution in [3.05, 3.63) is 57.3 Å². The van der Waals surface area contributed by atoms with E-state index in [9.17, 15) is 4.79 Å². The van der Waals surface area contributed by atoms with Crippen LogP contribution in [0.1, 0.15) is 27.3 Å². The summed E-state index contributed by atoms with van der Waals surface area (Å²) < 4.78 is 0.721. The maximum Gasteiger partial charge on any atom is 0.257 e. The highest BCUT2D eigenvalue weighted by molar-refractivity contribution is 9.10. The highest BCUT2D eigenvalue weighted by Crippen LogP contribution is 2.24. The van der Waals surface area contributed by atoms with Crippen LogP contribution in [0.25, 0.3) is 0 Å². The monoisotopic (exact) mass is 363 g/mol. The highest BCUT2D eigenvalue weighted by Gasteiger charge is 2.12. The van der Waals surface area contributed by atoms with Gasteiger partial charge in [-0.3, -0.25) is 9.78 Å². The van der Waals surface area contributed by atoms with Crippen molar-refractivity contribution in [1.82, 2.24) is 4.98 Å². The van der Waals surface area contributed by atoms with Crippen LogP contribution in [0.2, 0.25) is 0 Å². The number of amides is 1. The van der Waals surface area contributed by atoms with Gasteiger partial charge in [0.15, 0.2) is 0 Å². The van der Waals surface area contributed by atoms with Crippen molar-refractivity contribution in [3.63, 3.8) is 0 Å². The van der Waals surface area contributed by atoms with E-state index >= 15 is 0 Å². The predicted octanol–water partition coefficient (Wildman–Crippen LogP) is 3.35. The molecule has 1 amide bonds. The number of nitrogens with one attached hydrogen (secondary N) is 1. The van der Waals surface area contributed by atoms with Crippen LogP contribution in [-0.4, -0.2) is 15.9 Å². The molecule has 1 aromatic heterocycles. The second-order valence-corrected chi connectivity index (χ2v) is 5.89. The lowest BCUT2D eigenvalue weighted by Gasteiger charge is -2.10. The first-order valence-electron chi connectivity index (χ1n) is 6.23. The fraction of sp³-hybridized carbons (Fsp3) is 0.133. The summed E-state index contributed by atoms with van der Waals surface area (Å²) in [4.78, 5) is 16.9. The lowest BCUT2D eigenvalue weighted by atomic mass is 10.1. The Hall–Kier alpha value is -1.79. The molecule has 0 bridgehead atoms. The van der Waals surface area contributed by atoms with Crippen LogP contribution in [-0.2, 0) is 0 Å². The number of anilines is 1. The van der Waals surface area contributed by atoms with Crippen LogP contribution in [0.4, 0.5) is 5.69 Å². The molecule has 0 radical (unpaired) electrons.